The second kappa shape index (κ2) is 14.9. The molecule has 2 N–H and O–H groups in total. The van der Waals surface area contributed by atoms with Gasteiger partial charge in [0.1, 0.15) is 24.2 Å². The largest absolute Gasteiger partial charge is 0.490 e. The molecular weight excluding hydrogens is 592 g/mol. The Hall–Kier alpha value is -3.89. The van der Waals surface area contributed by atoms with Gasteiger partial charge in [0.2, 0.25) is 0 Å². The van der Waals surface area contributed by atoms with Gasteiger partial charge in [-0.2, -0.15) is 0 Å². The summed E-state index contributed by atoms with van der Waals surface area (Å²) in [5.41, 5.74) is 4.04. The van der Waals surface area contributed by atoms with Gasteiger partial charge in [0, 0.05) is 51.4 Å². The fourth-order valence-corrected chi connectivity index (χ4v) is 6.29. The second-order valence-corrected chi connectivity index (χ2v) is 12.1. The lowest BCUT2D eigenvalue weighted by atomic mass is 9.99. The number of hydrogen-bond acceptors (Lipinski definition) is 8. The minimum absolute atomic E-state index is 0.164. The number of oxazole rings is 1. The molecule has 0 aliphatic carbocycles. The number of nitrogens with zero attached hydrogens (tertiary/aromatic N) is 3. The van der Waals surface area contributed by atoms with Crippen molar-refractivity contribution < 1.29 is 23.8 Å². The number of aliphatic hydroxyl groups is 1. The summed E-state index contributed by atoms with van der Waals surface area (Å²) in [5.74, 6) is 1.79. The lowest BCUT2D eigenvalue weighted by Gasteiger charge is -2.32. The van der Waals surface area contributed by atoms with Crippen LogP contribution in [0.5, 0.6) is 11.5 Å². The van der Waals surface area contributed by atoms with Gasteiger partial charge in [-0.1, -0.05) is 48.0 Å². The summed E-state index contributed by atoms with van der Waals surface area (Å²) in [6.07, 6.45) is 5.14. The zero-order valence-corrected chi connectivity index (χ0v) is 26.0. The quantitative estimate of drug-likeness (QED) is 0.223. The van der Waals surface area contributed by atoms with Crippen LogP contribution in [0.2, 0.25) is 5.02 Å². The summed E-state index contributed by atoms with van der Waals surface area (Å²) in [6, 6.07) is 21.7. The predicted octanol–water partition coefficient (Wildman–Crippen LogP) is 5.10. The number of fused-ring (bicyclic) bond motifs is 1. The van der Waals surface area contributed by atoms with Crippen LogP contribution in [0, 0.1) is 0 Å². The van der Waals surface area contributed by atoms with E-state index in [0.717, 1.165) is 62.3 Å². The monoisotopic (exact) mass is 630 g/mol. The van der Waals surface area contributed by atoms with Gasteiger partial charge in [-0.3, -0.25) is 14.6 Å². The van der Waals surface area contributed by atoms with Crippen molar-refractivity contribution in [2.45, 2.75) is 51.2 Å². The number of aliphatic hydroxyl groups excluding tert-OH is 1. The van der Waals surface area contributed by atoms with Crippen molar-refractivity contribution in [3.05, 3.63) is 112 Å². The molecule has 1 atom stereocenters. The molecule has 1 saturated heterocycles. The third-order valence-corrected chi connectivity index (χ3v) is 8.81. The Balaban J connectivity index is 0.909. The molecule has 3 aromatic carbocycles. The minimum Gasteiger partial charge on any atom is -0.490 e. The summed E-state index contributed by atoms with van der Waals surface area (Å²) >= 11 is 6.66. The molecule has 0 saturated carbocycles. The maximum atomic E-state index is 12.8. The van der Waals surface area contributed by atoms with Crippen molar-refractivity contribution in [2.24, 2.45) is 0 Å². The molecule has 1 amide bonds. The highest BCUT2D eigenvalue weighted by atomic mass is 35.5. The normalized spacial score (nSPS) is 16.6. The number of carbonyl (C=O) groups excluding carboxylic acids is 1. The van der Waals surface area contributed by atoms with Gasteiger partial charge in [-0.15, -0.1) is 0 Å². The highest BCUT2D eigenvalue weighted by Crippen LogP contribution is 2.34. The van der Waals surface area contributed by atoms with Crippen LogP contribution in [0.3, 0.4) is 0 Å². The van der Waals surface area contributed by atoms with E-state index in [1.807, 2.05) is 30.3 Å². The van der Waals surface area contributed by atoms with Crippen LogP contribution in [-0.4, -0.2) is 70.7 Å². The molecule has 0 radical (unpaired) electrons. The Morgan fingerprint density at radius 3 is 2.60 bits per heavy atom. The van der Waals surface area contributed by atoms with Gasteiger partial charge < -0.3 is 24.3 Å². The molecule has 0 bridgehead atoms. The zero-order chi connectivity index (χ0) is 31.0. The lowest BCUT2D eigenvalue weighted by Crippen LogP contribution is -2.42. The van der Waals surface area contributed by atoms with Crippen molar-refractivity contribution in [3.8, 4) is 11.5 Å². The molecule has 1 aromatic heterocycles. The fraction of sp³-hybridized carbons (Fsp3) is 0.371. The molecule has 2 aliphatic heterocycles. The van der Waals surface area contributed by atoms with Crippen molar-refractivity contribution in [1.82, 2.24) is 20.1 Å². The first-order valence-corrected chi connectivity index (χ1v) is 15.9. The molecule has 45 heavy (non-hydrogen) atoms. The molecule has 9 nitrogen and oxygen atoms in total. The first kappa shape index (κ1) is 31.1. The van der Waals surface area contributed by atoms with Crippen molar-refractivity contribution in [1.29, 1.82) is 0 Å². The van der Waals surface area contributed by atoms with Crippen molar-refractivity contribution in [3.63, 3.8) is 0 Å². The van der Waals surface area contributed by atoms with E-state index in [9.17, 15) is 9.90 Å². The van der Waals surface area contributed by atoms with Crippen molar-refractivity contribution in [2.75, 3.05) is 32.7 Å². The number of halogens is 1. The van der Waals surface area contributed by atoms with E-state index in [4.69, 9.17) is 25.5 Å². The Bertz CT molecular complexity index is 1530. The summed E-state index contributed by atoms with van der Waals surface area (Å²) in [5, 5.41) is 14.2. The molecular formula is C35H39ClN4O5. The number of benzene rings is 3. The van der Waals surface area contributed by atoms with E-state index in [1.54, 1.807) is 18.3 Å². The van der Waals surface area contributed by atoms with Gasteiger partial charge in [0.25, 0.3) is 5.91 Å². The predicted molar refractivity (Wildman–Crippen MR) is 171 cm³/mol. The van der Waals surface area contributed by atoms with E-state index in [0.29, 0.717) is 35.2 Å². The summed E-state index contributed by atoms with van der Waals surface area (Å²) in [7, 11) is 0. The maximum Gasteiger partial charge on any atom is 0.251 e. The zero-order valence-electron chi connectivity index (χ0n) is 25.2. The fourth-order valence-electron chi connectivity index (χ4n) is 5.96. The van der Waals surface area contributed by atoms with E-state index in [2.05, 4.69) is 44.4 Å². The number of amides is 1. The molecule has 10 heteroatoms. The number of β-amino-alcohol motifs (C(OH)–C–C–N with tert-alkyl or cyclic N) is 1. The van der Waals surface area contributed by atoms with Crippen LogP contribution in [-0.2, 0) is 26.1 Å². The van der Waals surface area contributed by atoms with Crippen LogP contribution in [0.4, 0.5) is 0 Å². The molecule has 0 spiro atoms. The van der Waals surface area contributed by atoms with E-state index in [1.165, 1.54) is 12.0 Å². The molecule has 0 unspecified atom stereocenters. The van der Waals surface area contributed by atoms with Crippen LogP contribution >= 0.6 is 11.6 Å². The smallest absolute Gasteiger partial charge is 0.251 e. The average Bonchev–Trinajstić information content (AvgIpc) is 3.59. The third kappa shape index (κ3) is 8.43. The first-order valence-electron chi connectivity index (χ1n) is 15.5. The Kier molecular flexibility index (Phi) is 10.3. The van der Waals surface area contributed by atoms with Gasteiger partial charge in [-0.05, 0) is 66.3 Å². The summed E-state index contributed by atoms with van der Waals surface area (Å²) < 4.78 is 17.3. The second-order valence-electron chi connectivity index (χ2n) is 11.7. The molecule has 3 heterocycles. The van der Waals surface area contributed by atoms with Crippen LogP contribution in [0.15, 0.2) is 83.7 Å². The van der Waals surface area contributed by atoms with Gasteiger partial charge in [0.15, 0.2) is 12.2 Å². The van der Waals surface area contributed by atoms with E-state index >= 15 is 0 Å². The maximum absolute atomic E-state index is 12.8. The molecule has 6 rings (SSSR count). The van der Waals surface area contributed by atoms with Gasteiger partial charge >= 0.3 is 0 Å². The minimum atomic E-state index is -0.703. The number of hydrogen-bond donors (Lipinski definition) is 2. The summed E-state index contributed by atoms with van der Waals surface area (Å²) in [4.78, 5) is 21.3. The van der Waals surface area contributed by atoms with E-state index in [-0.39, 0.29) is 25.2 Å². The summed E-state index contributed by atoms with van der Waals surface area (Å²) in [6.45, 7) is 5.25. The number of rotatable bonds is 12. The molecule has 2 aliphatic rings. The molecule has 1 fully saturated rings. The average molecular weight is 631 g/mol. The van der Waals surface area contributed by atoms with Gasteiger partial charge in [0.05, 0.1) is 17.3 Å². The van der Waals surface area contributed by atoms with Gasteiger partial charge in [-0.25, -0.2) is 4.98 Å². The number of aromatic nitrogens is 1. The Morgan fingerprint density at radius 2 is 1.84 bits per heavy atom. The SMILES string of the molecule is O=C(NC[C@H](O)CN1CCc2c(ccc(OCc3cnco3)c2Cl)C1)c1ccc(OC2CCN(Cc3ccccc3)CC2)cc1. The van der Waals surface area contributed by atoms with Crippen LogP contribution < -0.4 is 14.8 Å². The number of carbonyl (C=O) groups is 1. The van der Waals surface area contributed by atoms with Crippen LogP contribution in [0.25, 0.3) is 0 Å². The van der Waals surface area contributed by atoms with E-state index < -0.39 is 6.10 Å². The Labute approximate surface area is 268 Å². The first-order chi connectivity index (χ1) is 22.0. The van der Waals surface area contributed by atoms with Crippen molar-refractivity contribution >= 4 is 17.5 Å². The number of piperidine rings is 1. The highest BCUT2D eigenvalue weighted by Gasteiger charge is 2.24. The molecule has 4 aromatic rings. The number of nitrogens with one attached hydrogen (secondary N) is 1. The Morgan fingerprint density at radius 1 is 1.04 bits per heavy atom. The van der Waals surface area contributed by atoms with Crippen LogP contribution in [0.1, 0.15) is 45.7 Å². The standard InChI is InChI=1S/C35H39ClN4O5/c36-34-32-14-17-40(21-27(32)8-11-33(34)43-23-31-19-37-24-44-31)22-28(41)18-38-35(42)26-6-9-29(10-7-26)45-30-12-15-39(16-13-30)20-25-4-2-1-3-5-25/h1-11,19,24,28,30,41H,12-18,20-23H2,(H,38,42)/t28-/m0/s1. The highest BCUT2D eigenvalue weighted by molar-refractivity contribution is 6.33. The third-order valence-electron chi connectivity index (χ3n) is 8.40. The number of ether oxygens (including phenoxy) is 2. The topological polar surface area (TPSA) is 100 Å². The molecule has 236 valence electrons. The number of likely N-dealkylation sites (tertiary alicyclic amines) is 1. The lowest BCUT2D eigenvalue weighted by molar-refractivity contribution is 0.0841.